The van der Waals surface area contributed by atoms with Crippen molar-refractivity contribution in [2.24, 2.45) is 0 Å². The van der Waals surface area contributed by atoms with Crippen LogP contribution < -0.4 is 14.7 Å². The van der Waals surface area contributed by atoms with Crippen molar-refractivity contribution in [3.05, 3.63) is 53.1 Å². The number of carbonyl (C=O) groups excluding carboxylic acids is 1. The Bertz CT molecular complexity index is 909. The minimum absolute atomic E-state index is 0.0598. The van der Waals surface area contributed by atoms with Crippen molar-refractivity contribution in [1.29, 1.82) is 0 Å². The third kappa shape index (κ3) is 4.09. The number of hydrogen-bond acceptors (Lipinski definition) is 6. The Balaban J connectivity index is 1.91. The lowest BCUT2D eigenvalue weighted by molar-refractivity contribution is -0.255. The van der Waals surface area contributed by atoms with E-state index in [9.17, 15) is 18.3 Å². The van der Waals surface area contributed by atoms with Crippen LogP contribution in [0.4, 0.5) is 11.4 Å². The number of morpholine rings is 1. The Hall–Kier alpha value is -2.29. The summed E-state index contributed by atoms with van der Waals surface area (Å²) in [5.41, 5.74) is 0.955. The fraction of sp³-hybridized carbons (Fsp3) is 0.235. The van der Waals surface area contributed by atoms with Crippen LogP contribution in [0.5, 0.6) is 0 Å². The maximum atomic E-state index is 12.7. The van der Waals surface area contributed by atoms with E-state index < -0.39 is 16.0 Å². The van der Waals surface area contributed by atoms with Crippen LogP contribution in [0, 0.1) is 0 Å². The number of benzene rings is 2. The van der Waals surface area contributed by atoms with Crippen molar-refractivity contribution < 1.29 is 23.1 Å². The van der Waals surface area contributed by atoms with Gasteiger partial charge in [0.1, 0.15) is 0 Å². The summed E-state index contributed by atoms with van der Waals surface area (Å²) in [6.45, 7) is 2.38. The highest BCUT2D eigenvalue weighted by Gasteiger charge is 2.20. The molecule has 26 heavy (non-hydrogen) atoms. The lowest BCUT2D eigenvalue weighted by atomic mass is 10.2. The second-order valence-corrected chi connectivity index (χ2v) is 7.80. The van der Waals surface area contributed by atoms with E-state index >= 15 is 0 Å². The predicted molar refractivity (Wildman–Crippen MR) is 96.1 cm³/mol. The maximum absolute atomic E-state index is 12.7. The molecule has 0 unspecified atom stereocenters. The van der Waals surface area contributed by atoms with Gasteiger partial charge in [0.2, 0.25) is 0 Å². The van der Waals surface area contributed by atoms with Gasteiger partial charge in [0.05, 0.1) is 35.5 Å². The third-order valence-corrected chi connectivity index (χ3v) is 5.57. The number of carboxylic acid groups (broad SMARTS) is 1. The van der Waals surface area contributed by atoms with Crippen molar-refractivity contribution in [2.75, 3.05) is 35.9 Å². The van der Waals surface area contributed by atoms with E-state index in [1.54, 1.807) is 18.2 Å². The first-order chi connectivity index (χ1) is 12.4. The standard InChI is InChI=1S/C17H17ClN2O5S/c18-13-3-6-16(20-7-9-25-10-8-20)15(11-13)19-26(23,24)14-4-1-12(2-5-14)17(21)22/h1-6,11,19H,7-10H2,(H,21,22)/p-1. The highest BCUT2D eigenvalue weighted by molar-refractivity contribution is 7.92. The minimum atomic E-state index is -3.91. The van der Waals surface area contributed by atoms with E-state index in [1.807, 2.05) is 4.90 Å². The molecule has 0 radical (unpaired) electrons. The molecular formula is C17H16ClN2O5S-. The molecule has 1 saturated heterocycles. The van der Waals surface area contributed by atoms with Gasteiger partial charge in [0.25, 0.3) is 10.0 Å². The molecule has 0 saturated carbocycles. The Morgan fingerprint density at radius 2 is 1.77 bits per heavy atom. The van der Waals surface area contributed by atoms with Crippen molar-refractivity contribution in [1.82, 2.24) is 0 Å². The van der Waals surface area contributed by atoms with Gasteiger partial charge in [0.15, 0.2) is 0 Å². The van der Waals surface area contributed by atoms with Gasteiger partial charge < -0.3 is 19.5 Å². The Labute approximate surface area is 156 Å². The summed E-state index contributed by atoms with van der Waals surface area (Å²) in [7, 11) is -3.91. The van der Waals surface area contributed by atoms with Crippen molar-refractivity contribution >= 4 is 39.0 Å². The highest BCUT2D eigenvalue weighted by atomic mass is 35.5. The van der Waals surface area contributed by atoms with Crippen molar-refractivity contribution in [3.8, 4) is 0 Å². The Kier molecular flexibility index (Phi) is 5.36. The van der Waals surface area contributed by atoms with Gasteiger partial charge in [-0.05, 0) is 35.9 Å². The van der Waals surface area contributed by atoms with Gasteiger partial charge in [-0.15, -0.1) is 0 Å². The van der Waals surface area contributed by atoms with Crippen LogP contribution in [0.15, 0.2) is 47.4 Å². The van der Waals surface area contributed by atoms with E-state index in [4.69, 9.17) is 16.3 Å². The molecule has 0 spiro atoms. The first kappa shape index (κ1) is 18.5. The molecule has 1 fully saturated rings. The second-order valence-electron chi connectivity index (χ2n) is 5.68. The van der Waals surface area contributed by atoms with Gasteiger partial charge in [-0.25, -0.2) is 8.42 Å². The number of halogens is 1. The van der Waals surface area contributed by atoms with E-state index in [0.717, 1.165) is 0 Å². The highest BCUT2D eigenvalue weighted by Crippen LogP contribution is 2.31. The minimum Gasteiger partial charge on any atom is -0.545 e. The van der Waals surface area contributed by atoms with E-state index in [1.165, 1.54) is 24.3 Å². The smallest absolute Gasteiger partial charge is 0.261 e. The number of aromatic carboxylic acids is 1. The molecule has 2 aromatic carbocycles. The molecule has 0 aromatic heterocycles. The predicted octanol–water partition coefficient (Wildman–Crippen LogP) is 1.34. The summed E-state index contributed by atoms with van der Waals surface area (Å²) in [4.78, 5) is 12.8. The van der Waals surface area contributed by atoms with E-state index in [0.29, 0.717) is 42.7 Å². The number of rotatable bonds is 5. The van der Waals surface area contributed by atoms with Gasteiger partial charge in [-0.2, -0.15) is 0 Å². The van der Waals surface area contributed by atoms with E-state index in [-0.39, 0.29) is 10.5 Å². The number of carbonyl (C=O) groups is 1. The molecule has 138 valence electrons. The summed E-state index contributed by atoms with van der Waals surface area (Å²) in [6, 6.07) is 9.79. The Morgan fingerprint density at radius 1 is 1.12 bits per heavy atom. The summed E-state index contributed by atoms with van der Waals surface area (Å²) in [5.74, 6) is -1.37. The van der Waals surface area contributed by atoms with Crippen LogP contribution in [0.25, 0.3) is 0 Å². The zero-order valence-corrected chi connectivity index (χ0v) is 15.2. The first-order valence-corrected chi connectivity index (χ1v) is 9.69. The van der Waals surface area contributed by atoms with Crippen LogP contribution >= 0.6 is 11.6 Å². The van der Waals surface area contributed by atoms with Crippen LogP contribution in [0.2, 0.25) is 5.02 Å². The Morgan fingerprint density at radius 3 is 2.38 bits per heavy atom. The molecular weight excluding hydrogens is 380 g/mol. The van der Waals surface area contributed by atoms with Crippen LogP contribution in [-0.2, 0) is 14.8 Å². The monoisotopic (exact) mass is 395 g/mol. The topological polar surface area (TPSA) is 98.8 Å². The average molecular weight is 396 g/mol. The zero-order valence-electron chi connectivity index (χ0n) is 13.6. The maximum Gasteiger partial charge on any atom is 0.261 e. The summed E-state index contributed by atoms with van der Waals surface area (Å²) in [5, 5.41) is 11.2. The third-order valence-electron chi connectivity index (χ3n) is 3.96. The first-order valence-electron chi connectivity index (χ1n) is 7.83. The number of anilines is 2. The van der Waals surface area contributed by atoms with Gasteiger partial charge in [0, 0.05) is 18.1 Å². The second kappa shape index (κ2) is 7.53. The molecule has 1 aliphatic heterocycles. The number of carboxylic acids is 1. The largest absolute Gasteiger partial charge is 0.545 e. The number of nitrogens with one attached hydrogen (secondary N) is 1. The van der Waals surface area contributed by atoms with Crippen molar-refractivity contribution in [3.63, 3.8) is 0 Å². The van der Waals surface area contributed by atoms with Gasteiger partial charge in [-0.1, -0.05) is 23.7 Å². The molecule has 0 bridgehead atoms. The molecule has 1 aliphatic rings. The molecule has 1 N–H and O–H groups in total. The summed E-state index contributed by atoms with van der Waals surface area (Å²) >= 11 is 6.04. The SMILES string of the molecule is O=C([O-])c1ccc(S(=O)(=O)Nc2cc(Cl)ccc2N2CCOCC2)cc1. The number of ether oxygens (including phenoxy) is 1. The van der Waals surface area contributed by atoms with Crippen molar-refractivity contribution in [2.45, 2.75) is 4.90 Å². The molecule has 3 rings (SSSR count). The van der Waals surface area contributed by atoms with Gasteiger partial charge in [-0.3, -0.25) is 4.72 Å². The van der Waals surface area contributed by atoms with Gasteiger partial charge >= 0.3 is 0 Å². The molecule has 7 nitrogen and oxygen atoms in total. The van der Waals surface area contributed by atoms with Crippen LogP contribution in [-0.4, -0.2) is 40.7 Å². The molecule has 0 atom stereocenters. The molecule has 1 heterocycles. The summed E-state index contributed by atoms with van der Waals surface area (Å²) < 4.78 is 33.2. The average Bonchev–Trinajstić information content (AvgIpc) is 2.62. The summed E-state index contributed by atoms with van der Waals surface area (Å²) in [6.07, 6.45) is 0. The number of sulfonamides is 1. The lowest BCUT2D eigenvalue weighted by Gasteiger charge is -2.30. The fourth-order valence-electron chi connectivity index (χ4n) is 2.64. The zero-order chi connectivity index (χ0) is 18.7. The number of hydrogen-bond donors (Lipinski definition) is 1. The normalized spacial score (nSPS) is 14.9. The lowest BCUT2D eigenvalue weighted by Crippen LogP contribution is -2.36. The fourth-order valence-corrected chi connectivity index (χ4v) is 3.88. The van der Waals surface area contributed by atoms with Crippen LogP contribution in [0.3, 0.4) is 0 Å². The van der Waals surface area contributed by atoms with Crippen LogP contribution in [0.1, 0.15) is 10.4 Å². The molecule has 9 heteroatoms. The molecule has 0 aliphatic carbocycles. The quantitative estimate of drug-likeness (QED) is 0.820. The molecule has 2 aromatic rings. The number of nitrogens with zero attached hydrogens (tertiary/aromatic N) is 1. The van der Waals surface area contributed by atoms with E-state index in [2.05, 4.69) is 4.72 Å². The molecule has 0 amide bonds.